The zero-order valence-electron chi connectivity index (χ0n) is 11.9. The van der Waals surface area contributed by atoms with Gasteiger partial charge in [0.25, 0.3) is 0 Å². The maximum atomic E-state index is 5.63. The molecule has 21 heavy (non-hydrogen) atoms. The van der Waals surface area contributed by atoms with Crippen molar-refractivity contribution in [1.29, 1.82) is 0 Å². The van der Waals surface area contributed by atoms with Gasteiger partial charge in [0.05, 0.1) is 4.47 Å². The van der Waals surface area contributed by atoms with Crippen LogP contribution in [0.25, 0.3) is 0 Å². The van der Waals surface area contributed by atoms with Crippen LogP contribution in [0.3, 0.4) is 0 Å². The SMILES string of the molecule is Cn1nccc1CCNCc1cc(Br)c2c(c1)OCCO2. The van der Waals surface area contributed by atoms with E-state index < -0.39 is 0 Å². The van der Waals surface area contributed by atoms with Gasteiger partial charge in [-0.15, -0.1) is 0 Å². The number of halogens is 1. The predicted molar refractivity (Wildman–Crippen MR) is 83.8 cm³/mol. The lowest BCUT2D eigenvalue weighted by atomic mass is 10.2. The first-order chi connectivity index (χ1) is 10.2. The Morgan fingerprint density at radius 3 is 3.00 bits per heavy atom. The molecule has 3 rings (SSSR count). The van der Waals surface area contributed by atoms with Crippen LogP contribution in [0.4, 0.5) is 0 Å². The molecule has 0 atom stereocenters. The minimum Gasteiger partial charge on any atom is -0.486 e. The summed E-state index contributed by atoms with van der Waals surface area (Å²) >= 11 is 3.54. The highest BCUT2D eigenvalue weighted by Gasteiger charge is 2.16. The minimum absolute atomic E-state index is 0.605. The Hall–Kier alpha value is -1.53. The molecule has 0 amide bonds. The number of aromatic nitrogens is 2. The third-order valence-electron chi connectivity index (χ3n) is 3.47. The van der Waals surface area contributed by atoms with Gasteiger partial charge in [0.2, 0.25) is 0 Å². The molecule has 2 aromatic rings. The van der Waals surface area contributed by atoms with Crippen LogP contribution in [0.2, 0.25) is 0 Å². The smallest absolute Gasteiger partial charge is 0.175 e. The number of rotatable bonds is 5. The zero-order valence-corrected chi connectivity index (χ0v) is 13.5. The molecule has 0 spiro atoms. The van der Waals surface area contributed by atoms with Crippen LogP contribution < -0.4 is 14.8 Å². The van der Waals surface area contributed by atoms with Gasteiger partial charge < -0.3 is 14.8 Å². The van der Waals surface area contributed by atoms with E-state index in [0.29, 0.717) is 13.2 Å². The quantitative estimate of drug-likeness (QED) is 0.839. The van der Waals surface area contributed by atoms with Crippen LogP contribution in [-0.4, -0.2) is 29.5 Å². The Morgan fingerprint density at radius 2 is 2.19 bits per heavy atom. The molecule has 6 heteroatoms. The van der Waals surface area contributed by atoms with E-state index in [1.54, 1.807) is 0 Å². The largest absolute Gasteiger partial charge is 0.486 e. The van der Waals surface area contributed by atoms with Crippen molar-refractivity contribution in [2.75, 3.05) is 19.8 Å². The van der Waals surface area contributed by atoms with Crippen LogP contribution in [0.15, 0.2) is 28.9 Å². The molecular weight excluding hydrogens is 334 g/mol. The third-order valence-corrected chi connectivity index (χ3v) is 4.06. The Labute approximate surface area is 132 Å². The van der Waals surface area contributed by atoms with Crippen LogP contribution in [0.1, 0.15) is 11.3 Å². The number of benzene rings is 1. The number of hydrogen-bond acceptors (Lipinski definition) is 4. The average Bonchev–Trinajstić information content (AvgIpc) is 2.89. The lowest BCUT2D eigenvalue weighted by Gasteiger charge is -2.20. The fourth-order valence-electron chi connectivity index (χ4n) is 2.36. The van der Waals surface area contributed by atoms with Crippen molar-refractivity contribution in [3.8, 4) is 11.5 Å². The van der Waals surface area contributed by atoms with Gasteiger partial charge in [-0.05, 0) is 39.7 Å². The van der Waals surface area contributed by atoms with Crippen molar-refractivity contribution in [3.05, 3.63) is 40.1 Å². The Morgan fingerprint density at radius 1 is 1.33 bits per heavy atom. The highest BCUT2D eigenvalue weighted by Crippen LogP contribution is 2.38. The summed E-state index contributed by atoms with van der Waals surface area (Å²) in [5.74, 6) is 1.62. The summed E-state index contributed by atoms with van der Waals surface area (Å²) < 4.78 is 14.1. The summed E-state index contributed by atoms with van der Waals surface area (Å²) in [6.07, 6.45) is 2.79. The predicted octanol–water partition coefficient (Wildman–Crippen LogP) is 2.29. The van der Waals surface area contributed by atoms with Crippen molar-refractivity contribution in [2.45, 2.75) is 13.0 Å². The molecule has 0 unspecified atom stereocenters. The van der Waals surface area contributed by atoms with Gasteiger partial charge >= 0.3 is 0 Å². The number of nitrogens with one attached hydrogen (secondary N) is 1. The van der Waals surface area contributed by atoms with Gasteiger partial charge in [0, 0.05) is 38.4 Å². The van der Waals surface area contributed by atoms with E-state index in [2.05, 4.69) is 32.4 Å². The lowest BCUT2D eigenvalue weighted by Crippen LogP contribution is -2.19. The highest BCUT2D eigenvalue weighted by molar-refractivity contribution is 9.10. The summed E-state index contributed by atoms with van der Waals surface area (Å²) in [5.41, 5.74) is 2.40. The molecule has 1 aliphatic rings. The molecule has 0 saturated heterocycles. The maximum absolute atomic E-state index is 5.63. The molecule has 0 fully saturated rings. The summed E-state index contributed by atoms with van der Waals surface area (Å²) in [6, 6.07) is 6.16. The Balaban J connectivity index is 1.56. The van der Waals surface area contributed by atoms with Crippen molar-refractivity contribution >= 4 is 15.9 Å². The number of fused-ring (bicyclic) bond motifs is 1. The van der Waals surface area contributed by atoms with Crippen LogP contribution in [-0.2, 0) is 20.0 Å². The second kappa shape index (κ2) is 6.49. The first kappa shape index (κ1) is 14.4. The Bertz CT molecular complexity index is 627. The fourth-order valence-corrected chi connectivity index (χ4v) is 2.97. The second-order valence-electron chi connectivity index (χ2n) is 4.97. The molecular formula is C15H18BrN3O2. The topological polar surface area (TPSA) is 48.3 Å². The number of ether oxygens (including phenoxy) is 2. The first-order valence-electron chi connectivity index (χ1n) is 6.99. The molecule has 112 valence electrons. The van der Waals surface area contributed by atoms with E-state index in [4.69, 9.17) is 9.47 Å². The number of nitrogens with zero attached hydrogens (tertiary/aromatic N) is 2. The number of hydrogen-bond donors (Lipinski definition) is 1. The normalized spacial score (nSPS) is 13.4. The summed E-state index contributed by atoms with van der Waals surface area (Å²) in [5, 5.41) is 7.61. The molecule has 0 radical (unpaired) electrons. The van der Waals surface area contributed by atoms with Gasteiger partial charge in [-0.25, -0.2) is 0 Å². The molecule has 1 aliphatic heterocycles. The van der Waals surface area contributed by atoms with E-state index in [1.165, 1.54) is 11.3 Å². The van der Waals surface area contributed by atoms with Crippen LogP contribution in [0, 0.1) is 0 Å². The molecule has 5 nitrogen and oxygen atoms in total. The molecule has 0 aliphatic carbocycles. The molecule has 1 aromatic carbocycles. The first-order valence-corrected chi connectivity index (χ1v) is 7.79. The average molecular weight is 352 g/mol. The maximum Gasteiger partial charge on any atom is 0.175 e. The summed E-state index contributed by atoms with van der Waals surface area (Å²) in [7, 11) is 1.97. The van der Waals surface area contributed by atoms with Crippen LogP contribution >= 0.6 is 15.9 Å². The zero-order chi connectivity index (χ0) is 14.7. The fraction of sp³-hybridized carbons (Fsp3) is 0.400. The van der Waals surface area contributed by atoms with Crippen molar-refractivity contribution in [1.82, 2.24) is 15.1 Å². The third kappa shape index (κ3) is 3.39. The molecule has 1 N–H and O–H groups in total. The molecule has 0 bridgehead atoms. The van der Waals surface area contributed by atoms with E-state index in [-0.39, 0.29) is 0 Å². The Kier molecular flexibility index (Phi) is 4.45. The molecule has 0 saturated carbocycles. The lowest BCUT2D eigenvalue weighted by molar-refractivity contribution is 0.170. The van der Waals surface area contributed by atoms with Crippen LogP contribution in [0.5, 0.6) is 11.5 Å². The van der Waals surface area contributed by atoms with E-state index in [1.807, 2.05) is 30.1 Å². The van der Waals surface area contributed by atoms with E-state index in [0.717, 1.165) is 35.5 Å². The van der Waals surface area contributed by atoms with Gasteiger partial charge in [-0.3, -0.25) is 4.68 Å². The van der Waals surface area contributed by atoms with Gasteiger partial charge in [0.1, 0.15) is 13.2 Å². The monoisotopic (exact) mass is 351 g/mol. The van der Waals surface area contributed by atoms with Gasteiger partial charge in [0.15, 0.2) is 11.5 Å². The summed E-state index contributed by atoms with van der Waals surface area (Å²) in [6.45, 7) is 2.92. The molecule has 2 heterocycles. The van der Waals surface area contributed by atoms with Gasteiger partial charge in [-0.1, -0.05) is 0 Å². The van der Waals surface area contributed by atoms with Crippen molar-refractivity contribution in [2.24, 2.45) is 7.05 Å². The standard InChI is InChI=1S/C15H18BrN3O2/c1-19-12(3-5-18-19)2-4-17-10-11-8-13(16)15-14(9-11)20-6-7-21-15/h3,5,8-9,17H,2,4,6-7,10H2,1H3. The summed E-state index contributed by atoms with van der Waals surface area (Å²) in [4.78, 5) is 0. The van der Waals surface area contributed by atoms with E-state index in [9.17, 15) is 0 Å². The van der Waals surface area contributed by atoms with Crippen molar-refractivity contribution < 1.29 is 9.47 Å². The number of aryl methyl sites for hydroxylation is 1. The van der Waals surface area contributed by atoms with Crippen molar-refractivity contribution in [3.63, 3.8) is 0 Å². The minimum atomic E-state index is 0.605. The highest BCUT2D eigenvalue weighted by atomic mass is 79.9. The molecule has 1 aromatic heterocycles. The second-order valence-corrected chi connectivity index (χ2v) is 5.83. The van der Waals surface area contributed by atoms with Gasteiger partial charge in [-0.2, -0.15) is 5.10 Å². The van der Waals surface area contributed by atoms with E-state index >= 15 is 0 Å².